The molecule has 21 heavy (non-hydrogen) atoms. The van der Waals surface area contributed by atoms with Gasteiger partial charge in [-0.15, -0.1) is 11.3 Å². The molecule has 1 aliphatic carbocycles. The van der Waals surface area contributed by atoms with E-state index in [1.54, 1.807) is 11.3 Å². The molecule has 2 aliphatic rings. The first-order valence-corrected chi connectivity index (χ1v) is 8.84. The van der Waals surface area contributed by atoms with Crippen molar-refractivity contribution in [3.63, 3.8) is 0 Å². The van der Waals surface area contributed by atoms with Gasteiger partial charge in [-0.05, 0) is 31.4 Å². The molecule has 2 atom stereocenters. The highest BCUT2D eigenvalue weighted by molar-refractivity contribution is 7.18. The van der Waals surface area contributed by atoms with Crippen molar-refractivity contribution in [3.05, 3.63) is 29.3 Å². The number of hydrogen-bond acceptors (Lipinski definition) is 4. The molecule has 1 saturated heterocycles. The summed E-state index contributed by atoms with van der Waals surface area (Å²) in [5.74, 6) is 0.467. The minimum absolute atomic E-state index is 0.373. The molecule has 112 valence electrons. The summed E-state index contributed by atoms with van der Waals surface area (Å²) < 4.78 is 1.28. The minimum Gasteiger partial charge on any atom is -0.390 e. The van der Waals surface area contributed by atoms with Gasteiger partial charge in [-0.3, -0.25) is 4.90 Å². The molecule has 4 heteroatoms. The first-order valence-electron chi connectivity index (χ1n) is 8.02. The summed E-state index contributed by atoms with van der Waals surface area (Å²) in [5, 5.41) is 12.0. The van der Waals surface area contributed by atoms with E-state index in [2.05, 4.69) is 29.2 Å². The maximum absolute atomic E-state index is 10.7. The Morgan fingerprint density at radius 2 is 2.19 bits per heavy atom. The Bertz CT molecular complexity index is 608. The highest BCUT2D eigenvalue weighted by Crippen LogP contribution is 2.40. The molecule has 2 unspecified atom stereocenters. The summed E-state index contributed by atoms with van der Waals surface area (Å²) in [5.41, 5.74) is 0.742. The largest absolute Gasteiger partial charge is 0.390 e. The van der Waals surface area contributed by atoms with Gasteiger partial charge in [0.05, 0.1) is 22.4 Å². The third-order valence-electron chi connectivity index (χ3n) is 5.21. The van der Waals surface area contributed by atoms with Crippen molar-refractivity contribution >= 4 is 21.6 Å². The Labute approximate surface area is 129 Å². The van der Waals surface area contributed by atoms with Crippen LogP contribution in [0, 0.1) is 5.92 Å². The fourth-order valence-corrected chi connectivity index (χ4v) is 4.97. The van der Waals surface area contributed by atoms with Gasteiger partial charge >= 0.3 is 0 Å². The van der Waals surface area contributed by atoms with Crippen molar-refractivity contribution in [3.8, 4) is 0 Å². The number of fused-ring (bicyclic) bond motifs is 2. The second-order valence-electron chi connectivity index (χ2n) is 6.61. The van der Waals surface area contributed by atoms with E-state index in [1.807, 2.05) is 0 Å². The molecule has 1 aliphatic heterocycles. The van der Waals surface area contributed by atoms with E-state index in [0.717, 1.165) is 38.0 Å². The van der Waals surface area contributed by atoms with E-state index in [-0.39, 0.29) is 5.60 Å². The Morgan fingerprint density at radius 3 is 3.10 bits per heavy atom. The monoisotopic (exact) mass is 302 g/mol. The molecular formula is C17H22N2OS. The highest BCUT2D eigenvalue weighted by Gasteiger charge is 2.42. The number of para-hydroxylation sites is 1. The Kier molecular flexibility index (Phi) is 3.48. The number of aliphatic hydroxyl groups is 1. The molecule has 0 bridgehead atoms. The molecule has 1 aromatic heterocycles. The summed E-state index contributed by atoms with van der Waals surface area (Å²) in [7, 11) is 0. The number of rotatable bonds is 2. The van der Waals surface area contributed by atoms with Gasteiger partial charge in [0.25, 0.3) is 0 Å². The second-order valence-corrected chi connectivity index (χ2v) is 7.72. The minimum atomic E-state index is -0.373. The van der Waals surface area contributed by atoms with Crippen LogP contribution in [0.2, 0.25) is 0 Å². The van der Waals surface area contributed by atoms with Crippen LogP contribution < -0.4 is 0 Å². The van der Waals surface area contributed by atoms with E-state index >= 15 is 0 Å². The number of hydrogen-bond donors (Lipinski definition) is 1. The summed E-state index contributed by atoms with van der Waals surface area (Å²) in [4.78, 5) is 7.23. The van der Waals surface area contributed by atoms with Gasteiger partial charge in [0.2, 0.25) is 0 Å². The topological polar surface area (TPSA) is 36.4 Å². The molecule has 1 N–H and O–H groups in total. The molecule has 1 saturated carbocycles. The van der Waals surface area contributed by atoms with Crippen molar-refractivity contribution < 1.29 is 5.11 Å². The maximum Gasteiger partial charge on any atom is 0.108 e. The van der Waals surface area contributed by atoms with Gasteiger partial charge in [-0.25, -0.2) is 4.98 Å². The third-order valence-corrected chi connectivity index (χ3v) is 6.23. The molecular weight excluding hydrogens is 280 g/mol. The molecule has 2 aromatic rings. The van der Waals surface area contributed by atoms with E-state index in [0.29, 0.717) is 5.92 Å². The van der Waals surface area contributed by atoms with Crippen LogP contribution in [0.4, 0.5) is 0 Å². The van der Waals surface area contributed by atoms with Crippen molar-refractivity contribution in [1.82, 2.24) is 9.88 Å². The lowest BCUT2D eigenvalue weighted by atomic mass is 9.71. The summed E-state index contributed by atoms with van der Waals surface area (Å²) in [6.45, 7) is 2.97. The van der Waals surface area contributed by atoms with Gasteiger partial charge in [0.15, 0.2) is 0 Å². The van der Waals surface area contributed by atoms with E-state index in [9.17, 15) is 5.11 Å². The second kappa shape index (κ2) is 5.34. The standard InChI is InChI=1S/C17H22N2OS/c20-17-8-4-3-5-13(17)11-19(10-9-17)12-16-18-14-6-1-2-7-15(14)21-16/h1-2,6-7,13,20H,3-5,8-12H2. The first-order chi connectivity index (χ1) is 10.2. The van der Waals surface area contributed by atoms with Crippen LogP contribution in [0.1, 0.15) is 37.1 Å². The van der Waals surface area contributed by atoms with Gasteiger partial charge in [-0.1, -0.05) is 25.0 Å². The fraction of sp³-hybridized carbons (Fsp3) is 0.588. The lowest BCUT2D eigenvalue weighted by molar-refractivity contribution is -0.0967. The van der Waals surface area contributed by atoms with Crippen molar-refractivity contribution in [1.29, 1.82) is 0 Å². The van der Waals surface area contributed by atoms with Crippen LogP contribution >= 0.6 is 11.3 Å². The maximum atomic E-state index is 10.7. The first kappa shape index (κ1) is 13.7. The number of benzene rings is 1. The van der Waals surface area contributed by atoms with Gasteiger partial charge in [-0.2, -0.15) is 0 Å². The molecule has 1 aromatic carbocycles. The smallest absolute Gasteiger partial charge is 0.108 e. The van der Waals surface area contributed by atoms with Crippen LogP contribution in [-0.4, -0.2) is 33.7 Å². The fourth-order valence-electron chi connectivity index (χ4n) is 3.96. The Morgan fingerprint density at radius 1 is 1.29 bits per heavy atom. The quantitative estimate of drug-likeness (QED) is 0.923. The summed E-state index contributed by atoms with van der Waals surface area (Å²) in [6.07, 6.45) is 5.61. The zero-order chi connectivity index (χ0) is 14.3. The van der Waals surface area contributed by atoms with E-state index < -0.39 is 0 Å². The SMILES string of the molecule is OC12CCCCC1CN(Cc1nc3ccccc3s1)CC2. The molecule has 3 nitrogen and oxygen atoms in total. The Hall–Kier alpha value is -0.970. The predicted octanol–water partition coefficient (Wildman–Crippen LogP) is 3.42. The average molecular weight is 302 g/mol. The molecule has 0 spiro atoms. The number of aromatic nitrogens is 1. The van der Waals surface area contributed by atoms with Crippen LogP contribution in [0.5, 0.6) is 0 Å². The highest BCUT2D eigenvalue weighted by atomic mass is 32.1. The zero-order valence-corrected chi connectivity index (χ0v) is 13.1. The Balaban J connectivity index is 1.48. The van der Waals surface area contributed by atoms with Gasteiger partial charge < -0.3 is 5.11 Å². The number of nitrogens with zero attached hydrogens (tertiary/aromatic N) is 2. The van der Waals surface area contributed by atoms with Crippen LogP contribution in [-0.2, 0) is 6.54 Å². The van der Waals surface area contributed by atoms with Crippen LogP contribution in [0.15, 0.2) is 24.3 Å². The van der Waals surface area contributed by atoms with Gasteiger partial charge in [0, 0.05) is 19.0 Å². The van der Waals surface area contributed by atoms with Crippen molar-refractivity contribution in [2.24, 2.45) is 5.92 Å². The number of piperidine rings is 1. The molecule has 2 heterocycles. The van der Waals surface area contributed by atoms with E-state index in [1.165, 1.54) is 29.0 Å². The molecule has 4 rings (SSSR count). The number of likely N-dealkylation sites (tertiary alicyclic amines) is 1. The molecule has 0 radical (unpaired) electrons. The predicted molar refractivity (Wildman–Crippen MR) is 86.4 cm³/mol. The average Bonchev–Trinajstić information content (AvgIpc) is 2.89. The van der Waals surface area contributed by atoms with Gasteiger partial charge in [0.1, 0.15) is 5.01 Å². The summed E-state index contributed by atoms with van der Waals surface area (Å²) >= 11 is 1.80. The lowest BCUT2D eigenvalue weighted by Crippen LogP contribution is -2.52. The molecule has 0 amide bonds. The van der Waals surface area contributed by atoms with Crippen molar-refractivity contribution in [2.45, 2.75) is 44.2 Å². The number of thiazole rings is 1. The van der Waals surface area contributed by atoms with Crippen LogP contribution in [0.3, 0.4) is 0 Å². The normalized spacial score (nSPS) is 30.4. The van der Waals surface area contributed by atoms with E-state index in [4.69, 9.17) is 4.98 Å². The molecule has 2 fully saturated rings. The third kappa shape index (κ3) is 2.60. The zero-order valence-electron chi connectivity index (χ0n) is 12.3. The van der Waals surface area contributed by atoms with Crippen molar-refractivity contribution in [2.75, 3.05) is 13.1 Å². The lowest BCUT2D eigenvalue weighted by Gasteiger charge is -2.47. The van der Waals surface area contributed by atoms with Crippen LogP contribution in [0.25, 0.3) is 10.2 Å². The summed E-state index contributed by atoms with van der Waals surface area (Å²) in [6, 6.07) is 8.36.